The summed E-state index contributed by atoms with van der Waals surface area (Å²) >= 11 is 6.06. The largest absolute Gasteiger partial charge is 0.416 e. The van der Waals surface area contributed by atoms with Crippen LogP contribution >= 0.6 is 11.6 Å². The van der Waals surface area contributed by atoms with Crippen molar-refractivity contribution in [2.45, 2.75) is 24.4 Å². The maximum Gasteiger partial charge on any atom is 0.416 e. The Labute approximate surface area is 91.1 Å². The molecule has 15 heavy (non-hydrogen) atoms. The van der Waals surface area contributed by atoms with Crippen LogP contribution in [-0.2, 0) is 6.18 Å². The van der Waals surface area contributed by atoms with Crippen LogP contribution < -0.4 is 0 Å². The highest BCUT2D eigenvalue weighted by molar-refractivity contribution is 6.21. The summed E-state index contributed by atoms with van der Waals surface area (Å²) in [6.45, 7) is 0. The maximum absolute atomic E-state index is 12.4. The average Bonchev–Trinajstić information content (AvgIpc) is 2.99. The third-order valence-corrected chi connectivity index (χ3v) is 3.18. The molecule has 1 aliphatic rings. The van der Waals surface area contributed by atoms with Gasteiger partial charge in [-0.25, -0.2) is 0 Å². The van der Waals surface area contributed by atoms with Crippen LogP contribution in [0.4, 0.5) is 13.2 Å². The second-order valence-corrected chi connectivity index (χ2v) is 4.33. The van der Waals surface area contributed by atoms with Gasteiger partial charge in [-0.05, 0) is 30.4 Å². The van der Waals surface area contributed by atoms with E-state index in [-0.39, 0.29) is 5.38 Å². The minimum absolute atomic E-state index is 0.271. The quantitative estimate of drug-likeness (QED) is 0.666. The van der Waals surface area contributed by atoms with Crippen molar-refractivity contribution in [3.05, 3.63) is 35.4 Å². The first kappa shape index (κ1) is 10.8. The van der Waals surface area contributed by atoms with Gasteiger partial charge in [-0.2, -0.15) is 13.2 Å². The van der Waals surface area contributed by atoms with Gasteiger partial charge in [0.05, 0.1) is 10.9 Å². The summed E-state index contributed by atoms with van der Waals surface area (Å²) in [5.74, 6) is 0.357. The molecule has 1 fully saturated rings. The van der Waals surface area contributed by atoms with E-state index < -0.39 is 11.7 Å². The molecule has 0 aliphatic heterocycles. The highest BCUT2D eigenvalue weighted by Crippen LogP contribution is 2.45. The van der Waals surface area contributed by atoms with Gasteiger partial charge in [0.1, 0.15) is 0 Å². The monoisotopic (exact) mass is 234 g/mol. The van der Waals surface area contributed by atoms with Crippen molar-refractivity contribution < 1.29 is 13.2 Å². The topological polar surface area (TPSA) is 0 Å². The Morgan fingerprint density at radius 1 is 1.27 bits per heavy atom. The van der Waals surface area contributed by atoms with E-state index in [4.69, 9.17) is 11.6 Å². The Hall–Kier alpha value is -0.700. The fraction of sp³-hybridized carbons (Fsp3) is 0.455. The van der Waals surface area contributed by atoms with Crippen molar-refractivity contribution in [2.24, 2.45) is 5.92 Å². The van der Waals surface area contributed by atoms with Crippen molar-refractivity contribution in [3.63, 3.8) is 0 Å². The third kappa shape index (κ3) is 2.46. The molecule has 0 unspecified atom stereocenters. The summed E-state index contributed by atoms with van der Waals surface area (Å²) in [7, 11) is 0. The Morgan fingerprint density at radius 3 is 2.47 bits per heavy atom. The summed E-state index contributed by atoms with van der Waals surface area (Å²) < 4.78 is 37.2. The number of hydrogen-bond donors (Lipinski definition) is 0. The number of hydrogen-bond acceptors (Lipinski definition) is 0. The molecule has 4 heteroatoms. The molecule has 1 aromatic carbocycles. The van der Waals surface area contributed by atoms with Crippen molar-refractivity contribution in [1.29, 1.82) is 0 Å². The van der Waals surface area contributed by atoms with Crippen LogP contribution in [0.3, 0.4) is 0 Å². The lowest BCUT2D eigenvalue weighted by Crippen LogP contribution is -2.06. The van der Waals surface area contributed by atoms with Gasteiger partial charge >= 0.3 is 6.18 Å². The van der Waals surface area contributed by atoms with Gasteiger partial charge in [0.15, 0.2) is 0 Å². The van der Waals surface area contributed by atoms with Crippen LogP contribution in [-0.4, -0.2) is 0 Å². The van der Waals surface area contributed by atoms with Crippen molar-refractivity contribution >= 4 is 11.6 Å². The standard InChI is InChI=1S/C11H10ClF3/c12-10(7-4-5-7)8-2-1-3-9(6-8)11(13,14)15/h1-3,6-7,10H,4-5H2/t10-/m1/s1. The number of benzene rings is 1. The number of halogens is 4. The summed E-state index contributed by atoms with van der Waals surface area (Å²) in [5, 5.41) is -0.271. The minimum Gasteiger partial charge on any atom is -0.166 e. The molecule has 0 heterocycles. The lowest BCUT2D eigenvalue weighted by atomic mass is 10.1. The van der Waals surface area contributed by atoms with Crippen LogP contribution in [0.25, 0.3) is 0 Å². The molecule has 0 spiro atoms. The normalized spacial score (nSPS) is 18.9. The van der Waals surface area contributed by atoms with Crippen LogP contribution in [0.15, 0.2) is 24.3 Å². The van der Waals surface area contributed by atoms with Gasteiger partial charge in [0, 0.05) is 0 Å². The molecule has 0 radical (unpaired) electrons. The first-order valence-electron chi connectivity index (χ1n) is 4.80. The van der Waals surface area contributed by atoms with E-state index in [9.17, 15) is 13.2 Å². The highest BCUT2D eigenvalue weighted by atomic mass is 35.5. The number of rotatable bonds is 2. The van der Waals surface area contributed by atoms with Gasteiger partial charge < -0.3 is 0 Å². The molecule has 0 bridgehead atoms. The van der Waals surface area contributed by atoms with E-state index in [1.54, 1.807) is 6.07 Å². The maximum atomic E-state index is 12.4. The average molecular weight is 235 g/mol. The molecule has 0 N–H and O–H groups in total. The van der Waals surface area contributed by atoms with E-state index >= 15 is 0 Å². The van der Waals surface area contributed by atoms with E-state index in [2.05, 4.69) is 0 Å². The second kappa shape index (κ2) is 3.71. The Morgan fingerprint density at radius 2 is 1.93 bits per heavy atom. The first-order valence-corrected chi connectivity index (χ1v) is 5.23. The van der Waals surface area contributed by atoms with E-state index in [0.717, 1.165) is 25.0 Å². The molecule has 0 aromatic heterocycles. The fourth-order valence-corrected chi connectivity index (χ4v) is 1.94. The predicted molar refractivity (Wildman–Crippen MR) is 52.8 cm³/mol. The van der Waals surface area contributed by atoms with Crippen LogP contribution in [0, 0.1) is 5.92 Å². The highest BCUT2D eigenvalue weighted by Gasteiger charge is 2.34. The second-order valence-electron chi connectivity index (χ2n) is 3.86. The van der Waals surface area contributed by atoms with E-state index in [1.165, 1.54) is 6.07 Å². The molecule has 82 valence electrons. The summed E-state index contributed by atoms with van der Waals surface area (Å²) in [6.07, 6.45) is -2.25. The fourth-order valence-electron chi connectivity index (χ4n) is 1.55. The van der Waals surface area contributed by atoms with E-state index in [0.29, 0.717) is 11.5 Å². The van der Waals surface area contributed by atoms with Crippen molar-refractivity contribution in [1.82, 2.24) is 0 Å². The Balaban J connectivity index is 2.25. The van der Waals surface area contributed by atoms with Gasteiger partial charge in [-0.1, -0.05) is 18.2 Å². The molecule has 2 rings (SSSR count). The third-order valence-electron chi connectivity index (χ3n) is 2.57. The molecular weight excluding hydrogens is 225 g/mol. The van der Waals surface area contributed by atoms with Crippen molar-refractivity contribution in [3.8, 4) is 0 Å². The zero-order valence-electron chi connectivity index (χ0n) is 7.89. The SMILES string of the molecule is FC(F)(F)c1cccc([C@H](Cl)C2CC2)c1. The summed E-state index contributed by atoms with van der Waals surface area (Å²) in [6, 6.07) is 5.29. The molecule has 0 nitrogen and oxygen atoms in total. The lowest BCUT2D eigenvalue weighted by Gasteiger charge is -2.11. The van der Waals surface area contributed by atoms with Gasteiger partial charge in [0.2, 0.25) is 0 Å². The van der Waals surface area contributed by atoms with Crippen molar-refractivity contribution in [2.75, 3.05) is 0 Å². The Bertz CT molecular complexity index is 355. The molecule has 1 aliphatic carbocycles. The zero-order chi connectivity index (χ0) is 11.1. The molecule has 1 atom stereocenters. The number of alkyl halides is 4. The molecule has 0 saturated heterocycles. The Kier molecular flexibility index (Phi) is 2.67. The van der Waals surface area contributed by atoms with Gasteiger partial charge in [-0.15, -0.1) is 11.6 Å². The molecule has 1 saturated carbocycles. The van der Waals surface area contributed by atoms with Gasteiger partial charge in [-0.3, -0.25) is 0 Å². The first-order chi connectivity index (χ1) is 6.98. The van der Waals surface area contributed by atoms with Gasteiger partial charge in [0.25, 0.3) is 0 Å². The zero-order valence-corrected chi connectivity index (χ0v) is 8.65. The van der Waals surface area contributed by atoms with E-state index in [1.807, 2.05) is 0 Å². The minimum atomic E-state index is -4.28. The molecule has 0 amide bonds. The van der Waals surface area contributed by atoms with Crippen LogP contribution in [0.2, 0.25) is 0 Å². The molecular formula is C11H10ClF3. The summed E-state index contributed by atoms with van der Waals surface area (Å²) in [5.41, 5.74) is -0.0414. The van der Waals surface area contributed by atoms with Crippen LogP contribution in [0.5, 0.6) is 0 Å². The predicted octanol–water partition coefficient (Wildman–Crippen LogP) is 4.40. The smallest absolute Gasteiger partial charge is 0.166 e. The summed E-state index contributed by atoms with van der Waals surface area (Å²) in [4.78, 5) is 0. The lowest BCUT2D eigenvalue weighted by molar-refractivity contribution is -0.137. The molecule has 1 aromatic rings. The van der Waals surface area contributed by atoms with Crippen LogP contribution in [0.1, 0.15) is 29.3 Å².